The fourth-order valence-corrected chi connectivity index (χ4v) is 6.28. The summed E-state index contributed by atoms with van der Waals surface area (Å²) < 4.78 is 24.7. The summed E-state index contributed by atoms with van der Waals surface area (Å²) in [5.74, 6) is 0.295. The highest BCUT2D eigenvalue weighted by molar-refractivity contribution is 5.78. The predicted octanol–water partition coefficient (Wildman–Crippen LogP) is 5.08. The minimum absolute atomic E-state index is 0.00739. The van der Waals surface area contributed by atoms with Crippen molar-refractivity contribution in [2.45, 2.75) is 57.4 Å². The van der Waals surface area contributed by atoms with E-state index < -0.39 is 12.0 Å². The van der Waals surface area contributed by atoms with E-state index in [1.807, 2.05) is 23.1 Å². The number of aliphatic carboxylic acids is 1. The normalized spacial score (nSPS) is 27.4. The molecular formula is C26H30FNO5. The molecule has 2 fully saturated rings. The van der Waals surface area contributed by atoms with Crippen LogP contribution in [0.15, 0.2) is 34.7 Å². The van der Waals surface area contributed by atoms with Crippen LogP contribution in [0.5, 0.6) is 5.75 Å². The number of carboxylic acid groups (broad SMARTS) is 1. The van der Waals surface area contributed by atoms with Crippen LogP contribution < -0.4 is 4.74 Å². The number of furan rings is 1. The number of piperidine rings is 1. The Morgan fingerprint density at radius 2 is 2.03 bits per heavy atom. The smallest absolute Gasteiger partial charge is 0.306 e. The van der Waals surface area contributed by atoms with Crippen LogP contribution in [-0.2, 0) is 9.59 Å². The molecule has 2 aliphatic heterocycles. The van der Waals surface area contributed by atoms with Gasteiger partial charge in [0.05, 0.1) is 12.5 Å². The fraction of sp³-hybridized carbons (Fsp3) is 0.538. The van der Waals surface area contributed by atoms with Crippen LogP contribution in [0.4, 0.5) is 4.39 Å². The molecule has 1 N–H and O–H groups in total. The monoisotopic (exact) mass is 455 g/mol. The number of hydrogen-bond acceptors (Lipinski definition) is 4. The molecule has 1 saturated carbocycles. The number of rotatable bonds is 5. The van der Waals surface area contributed by atoms with E-state index in [2.05, 4.69) is 6.92 Å². The number of nitrogens with zero attached hydrogens (tertiary/aromatic N) is 1. The van der Waals surface area contributed by atoms with E-state index >= 15 is 0 Å². The third-order valence-corrected chi connectivity index (χ3v) is 7.88. The van der Waals surface area contributed by atoms with E-state index in [4.69, 9.17) is 9.15 Å². The zero-order valence-corrected chi connectivity index (χ0v) is 18.8. The van der Waals surface area contributed by atoms with Crippen molar-refractivity contribution < 1.29 is 28.2 Å². The van der Waals surface area contributed by atoms with Gasteiger partial charge in [-0.25, -0.2) is 0 Å². The summed E-state index contributed by atoms with van der Waals surface area (Å²) >= 11 is 0. The number of ether oxygens (including phenoxy) is 1. The van der Waals surface area contributed by atoms with Gasteiger partial charge in [-0.2, -0.15) is 4.39 Å². The second kappa shape index (κ2) is 8.84. The van der Waals surface area contributed by atoms with Crippen molar-refractivity contribution in [1.29, 1.82) is 0 Å². The number of likely N-dealkylation sites (tertiary alicyclic amines) is 1. The molecule has 1 aromatic heterocycles. The molecule has 7 heteroatoms. The van der Waals surface area contributed by atoms with E-state index in [1.54, 1.807) is 6.07 Å². The number of carbonyl (C=O) groups is 2. The van der Waals surface area contributed by atoms with Crippen molar-refractivity contribution in [3.8, 4) is 17.1 Å². The van der Waals surface area contributed by atoms with Gasteiger partial charge in [-0.15, -0.1) is 0 Å². The molecule has 1 aromatic carbocycles. The number of carboxylic acids is 1. The lowest BCUT2D eigenvalue weighted by atomic mass is 9.71. The average molecular weight is 456 g/mol. The zero-order valence-electron chi connectivity index (χ0n) is 18.8. The molecule has 1 saturated heterocycles. The largest absolute Gasteiger partial charge is 0.493 e. The Balaban J connectivity index is 1.34. The second-order valence-corrected chi connectivity index (χ2v) is 9.76. The number of halogens is 1. The Bertz CT molecular complexity index is 1050. The van der Waals surface area contributed by atoms with Crippen molar-refractivity contribution in [1.82, 2.24) is 4.90 Å². The fourth-order valence-electron chi connectivity index (χ4n) is 6.28. The summed E-state index contributed by atoms with van der Waals surface area (Å²) in [4.78, 5) is 27.2. The quantitative estimate of drug-likeness (QED) is 0.680. The Kier molecular flexibility index (Phi) is 5.89. The summed E-state index contributed by atoms with van der Waals surface area (Å²) in [5.41, 5.74) is 1.76. The van der Waals surface area contributed by atoms with E-state index in [1.165, 1.54) is 6.07 Å². The molecule has 5 unspecified atom stereocenters. The lowest BCUT2D eigenvalue weighted by molar-refractivity contribution is -0.152. The topological polar surface area (TPSA) is 80.0 Å². The molecule has 2 aromatic rings. The summed E-state index contributed by atoms with van der Waals surface area (Å²) in [6.07, 6.45) is 4.56. The number of carbonyl (C=O) groups excluding carboxylic acids is 1. The van der Waals surface area contributed by atoms with Crippen LogP contribution in [0.2, 0.25) is 0 Å². The Morgan fingerprint density at radius 3 is 2.79 bits per heavy atom. The van der Waals surface area contributed by atoms with Gasteiger partial charge in [0.25, 0.3) is 6.01 Å². The molecule has 176 valence electrons. The maximum atomic E-state index is 13.5. The summed E-state index contributed by atoms with van der Waals surface area (Å²) in [7, 11) is 0. The summed E-state index contributed by atoms with van der Waals surface area (Å²) in [6, 6.07) is 7.98. The summed E-state index contributed by atoms with van der Waals surface area (Å²) in [6.45, 7) is 3.23. The third kappa shape index (κ3) is 4.02. The van der Waals surface area contributed by atoms with Gasteiger partial charge in [-0.3, -0.25) is 9.59 Å². The molecule has 3 heterocycles. The van der Waals surface area contributed by atoms with E-state index in [-0.39, 0.29) is 35.6 Å². The molecule has 1 amide bonds. The minimum atomic E-state index is -0.728. The lowest BCUT2D eigenvalue weighted by Crippen LogP contribution is -2.53. The Morgan fingerprint density at radius 1 is 1.18 bits per heavy atom. The molecule has 3 aliphatic rings. The number of hydrogen-bond donors (Lipinski definition) is 1. The van der Waals surface area contributed by atoms with Crippen molar-refractivity contribution in [2.24, 2.45) is 17.8 Å². The highest BCUT2D eigenvalue weighted by Crippen LogP contribution is 2.46. The maximum absolute atomic E-state index is 13.5. The molecular weight excluding hydrogens is 425 g/mol. The van der Waals surface area contributed by atoms with Gasteiger partial charge in [0.2, 0.25) is 5.91 Å². The van der Waals surface area contributed by atoms with Gasteiger partial charge in [0.15, 0.2) is 0 Å². The number of amides is 1. The van der Waals surface area contributed by atoms with Crippen molar-refractivity contribution in [3.63, 3.8) is 0 Å². The molecule has 33 heavy (non-hydrogen) atoms. The Labute approximate surface area is 192 Å². The van der Waals surface area contributed by atoms with Gasteiger partial charge >= 0.3 is 5.97 Å². The maximum Gasteiger partial charge on any atom is 0.306 e. The number of benzene rings is 1. The average Bonchev–Trinajstić information content (AvgIpc) is 3.44. The summed E-state index contributed by atoms with van der Waals surface area (Å²) in [5, 5.41) is 9.66. The van der Waals surface area contributed by atoms with Gasteiger partial charge < -0.3 is 19.2 Å². The van der Waals surface area contributed by atoms with E-state index in [0.717, 1.165) is 42.6 Å². The van der Waals surface area contributed by atoms with Crippen LogP contribution in [0.3, 0.4) is 0 Å². The van der Waals surface area contributed by atoms with E-state index in [9.17, 15) is 19.1 Å². The van der Waals surface area contributed by atoms with Gasteiger partial charge in [-0.05, 0) is 49.7 Å². The van der Waals surface area contributed by atoms with Crippen LogP contribution in [0.25, 0.3) is 11.3 Å². The first-order chi connectivity index (χ1) is 15.9. The molecule has 0 spiro atoms. The number of fused-ring (bicyclic) bond motifs is 2. The zero-order chi connectivity index (χ0) is 23.1. The van der Waals surface area contributed by atoms with Gasteiger partial charge in [0, 0.05) is 42.1 Å². The molecule has 1 aliphatic carbocycles. The molecule has 5 rings (SSSR count). The van der Waals surface area contributed by atoms with Crippen molar-refractivity contribution in [3.05, 3.63) is 41.9 Å². The van der Waals surface area contributed by atoms with Crippen LogP contribution in [-0.4, -0.2) is 41.1 Å². The highest BCUT2D eigenvalue weighted by atomic mass is 19.1. The van der Waals surface area contributed by atoms with Gasteiger partial charge in [-0.1, -0.05) is 25.5 Å². The molecule has 5 atom stereocenters. The SMILES string of the molecule is CC(CC(=O)N1CCCC2C(C(=O)O)CCCC21)C1COc2cccc(-c3ccc(F)o3)c21. The standard InChI is InChI=1S/C26H30FNO5/c1-15(13-24(29)28-12-4-7-16-17(26(30)31)5-2-8-20(16)28)19-14-32-22-9-3-6-18(25(19)22)21-10-11-23(27)33-21/h3,6,9-11,15-17,19-20H,2,4-5,7-8,12-14H2,1H3,(H,30,31). The predicted molar refractivity (Wildman–Crippen MR) is 119 cm³/mol. The highest BCUT2D eigenvalue weighted by Gasteiger charge is 2.44. The Hall–Kier alpha value is -2.83. The van der Waals surface area contributed by atoms with Crippen LogP contribution in [0, 0.1) is 23.8 Å². The van der Waals surface area contributed by atoms with Crippen LogP contribution >= 0.6 is 0 Å². The van der Waals surface area contributed by atoms with E-state index in [0.29, 0.717) is 31.8 Å². The molecule has 0 bridgehead atoms. The van der Waals surface area contributed by atoms with Gasteiger partial charge in [0.1, 0.15) is 11.5 Å². The second-order valence-electron chi connectivity index (χ2n) is 9.76. The van der Waals surface area contributed by atoms with Crippen molar-refractivity contribution in [2.75, 3.05) is 13.2 Å². The first kappa shape index (κ1) is 22.0. The molecule has 0 radical (unpaired) electrons. The molecule has 6 nitrogen and oxygen atoms in total. The van der Waals surface area contributed by atoms with Crippen LogP contribution in [0.1, 0.15) is 56.9 Å². The first-order valence-corrected chi connectivity index (χ1v) is 12.0. The first-order valence-electron chi connectivity index (χ1n) is 12.0. The lowest BCUT2D eigenvalue weighted by Gasteiger charge is -2.46. The van der Waals surface area contributed by atoms with Crippen molar-refractivity contribution >= 4 is 11.9 Å². The minimum Gasteiger partial charge on any atom is -0.493 e. The third-order valence-electron chi connectivity index (χ3n) is 7.88.